The quantitative estimate of drug-likeness (QED) is 0.0940. The van der Waals surface area contributed by atoms with E-state index in [0.717, 1.165) is 59.3 Å². The van der Waals surface area contributed by atoms with Crippen molar-refractivity contribution in [1.82, 2.24) is 9.88 Å². The molecule has 2 aliphatic carbocycles. The molecule has 0 radical (unpaired) electrons. The summed E-state index contributed by atoms with van der Waals surface area (Å²) in [5.41, 5.74) is 4.18. The van der Waals surface area contributed by atoms with E-state index in [9.17, 15) is 30.3 Å². The van der Waals surface area contributed by atoms with E-state index in [1.165, 1.54) is 4.90 Å². The third-order valence-electron chi connectivity index (χ3n) is 9.27. The van der Waals surface area contributed by atoms with Gasteiger partial charge in [-0.05, 0) is 85.9 Å². The average Bonchev–Trinajstić information content (AvgIpc) is 4.07. The van der Waals surface area contributed by atoms with Crippen molar-refractivity contribution in [1.29, 1.82) is 0 Å². The molecule has 2 fully saturated rings. The number of pyridine rings is 1. The lowest BCUT2D eigenvalue weighted by Crippen LogP contribution is -2.51. The zero-order chi connectivity index (χ0) is 35.8. The number of para-hydroxylation sites is 1. The summed E-state index contributed by atoms with van der Waals surface area (Å²) in [6, 6.07) is 13.7. The molecule has 50 heavy (non-hydrogen) atoms. The fraction of sp³-hybridized carbons (Fsp3) is 0.514. The number of carbonyl (C=O) groups is 1. The fourth-order valence-corrected chi connectivity index (χ4v) is 6.51. The first-order valence-corrected chi connectivity index (χ1v) is 17.9. The first kappa shape index (κ1) is 38.4. The number of aliphatic hydroxyl groups excluding tert-OH is 6. The molecule has 4 atom stereocenters. The summed E-state index contributed by atoms with van der Waals surface area (Å²) in [6.07, 6.45) is 2.68. The van der Waals surface area contributed by atoms with E-state index in [4.69, 9.17) is 37.8 Å². The molecule has 0 spiro atoms. The number of hydrogen-bond donors (Lipinski definition) is 6. The first-order chi connectivity index (χ1) is 24.1. The molecule has 1 amide bonds. The molecule has 5 rings (SSSR count). The smallest absolute Gasteiger partial charge is 0.222 e. The van der Waals surface area contributed by atoms with Crippen LogP contribution in [0.3, 0.4) is 0 Å². The highest BCUT2D eigenvalue weighted by molar-refractivity contribution is 6.34. The van der Waals surface area contributed by atoms with Gasteiger partial charge in [-0.3, -0.25) is 9.78 Å². The molecule has 0 bridgehead atoms. The Morgan fingerprint density at radius 2 is 1.64 bits per heavy atom. The summed E-state index contributed by atoms with van der Waals surface area (Å²) in [5, 5.41) is 59.3. The van der Waals surface area contributed by atoms with Crippen molar-refractivity contribution in [2.45, 2.75) is 94.1 Å². The molecule has 11 nitrogen and oxygen atoms in total. The number of carbonyl (C=O) groups excluding carboxylic acids is 1. The van der Waals surface area contributed by atoms with E-state index in [-0.39, 0.29) is 44.7 Å². The summed E-state index contributed by atoms with van der Waals surface area (Å²) < 4.78 is 12.8. The average molecular weight is 734 g/mol. The lowest BCUT2D eigenvalue weighted by atomic mass is 9.96. The molecule has 2 aliphatic rings. The lowest BCUT2D eigenvalue weighted by molar-refractivity contribution is -0.140. The molecule has 272 valence electrons. The highest BCUT2D eigenvalue weighted by Crippen LogP contribution is 2.53. The van der Waals surface area contributed by atoms with Gasteiger partial charge < -0.3 is 45.0 Å². The van der Waals surface area contributed by atoms with Crippen molar-refractivity contribution in [3.05, 3.63) is 81.6 Å². The summed E-state index contributed by atoms with van der Waals surface area (Å²) in [5.74, 6) is 0.505. The van der Waals surface area contributed by atoms with Gasteiger partial charge in [0, 0.05) is 53.1 Å². The third-order valence-corrected chi connectivity index (χ3v) is 9.98. The Hall–Kier alpha value is -2.84. The van der Waals surface area contributed by atoms with Gasteiger partial charge in [-0.25, -0.2) is 0 Å². The molecule has 2 aromatic carbocycles. The van der Waals surface area contributed by atoms with Gasteiger partial charge in [0.1, 0.15) is 30.2 Å². The van der Waals surface area contributed by atoms with Crippen molar-refractivity contribution in [3.8, 4) is 16.9 Å². The van der Waals surface area contributed by atoms with Crippen molar-refractivity contribution in [3.63, 3.8) is 0 Å². The van der Waals surface area contributed by atoms with Crippen molar-refractivity contribution >= 4 is 29.1 Å². The molecule has 1 aromatic heterocycles. The molecule has 2 saturated carbocycles. The van der Waals surface area contributed by atoms with E-state index in [1.807, 2.05) is 42.6 Å². The summed E-state index contributed by atoms with van der Waals surface area (Å²) in [4.78, 5) is 18.5. The van der Waals surface area contributed by atoms with Gasteiger partial charge in [-0.2, -0.15) is 0 Å². The Bertz CT molecular complexity index is 1590. The number of rotatable bonds is 20. The normalized spacial score (nSPS) is 17.5. The van der Waals surface area contributed by atoms with Gasteiger partial charge in [-0.15, -0.1) is 0 Å². The second-order valence-electron chi connectivity index (χ2n) is 13.1. The van der Waals surface area contributed by atoms with Crippen LogP contribution in [-0.4, -0.2) is 103 Å². The number of halogens is 2. The largest absolute Gasteiger partial charge is 0.490 e. The van der Waals surface area contributed by atoms with Gasteiger partial charge in [0.05, 0.1) is 31.5 Å². The van der Waals surface area contributed by atoms with Crippen LogP contribution in [0.15, 0.2) is 54.9 Å². The monoisotopic (exact) mass is 732 g/mol. The van der Waals surface area contributed by atoms with Gasteiger partial charge in [0.25, 0.3) is 0 Å². The molecule has 1 heterocycles. The van der Waals surface area contributed by atoms with Crippen molar-refractivity contribution in [2.75, 3.05) is 26.3 Å². The summed E-state index contributed by atoms with van der Waals surface area (Å²) in [6.45, 7) is -1.37. The van der Waals surface area contributed by atoms with Gasteiger partial charge in [0.2, 0.25) is 5.91 Å². The predicted octanol–water partition coefficient (Wildman–Crippen LogP) is 3.77. The lowest BCUT2D eigenvalue weighted by Gasteiger charge is -2.30. The number of ether oxygens (including phenoxy) is 2. The summed E-state index contributed by atoms with van der Waals surface area (Å²) in [7, 11) is 0. The van der Waals surface area contributed by atoms with Crippen LogP contribution >= 0.6 is 23.2 Å². The topological polar surface area (TPSA) is 173 Å². The van der Waals surface area contributed by atoms with Crippen molar-refractivity contribution in [2.24, 2.45) is 0 Å². The van der Waals surface area contributed by atoms with Crippen LogP contribution in [0.1, 0.15) is 61.6 Å². The number of aliphatic hydroxyl groups is 6. The minimum absolute atomic E-state index is 0.0856. The van der Waals surface area contributed by atoms with Crippen LogP contribution in [0.5, 0.6) is 5.75 Å². The predicted molar refractivity (Wildman–Crippen MR) is 188 cm³/mol. The van der Waals surface area contributed by atoms with Gasteiger partial charge >= 0.3 is 0 Å². The maximum Gasteiger partial charge on any atom is 0.222 e. The summed E-state index contributed by atoms with van der Waals surface area (Å²) >= 11 is 13.4. The maximum absolute atomic E-state index is 12.9. The van der Waals surface area contributed by atoms with Crippen LogP contribution in [0.25, 0.3) is 11.1 Å². The van der Waals surface area contributed by atoms with Gasteiger partial charge in [-0.1, -0.05) is 41.4 Å². The Kier molecular flexibility index (Phi) is 13.5. The maximum atomic E-state index is 12.9. The minimum atomic E-state index is -1.81. The third kappa shape index (κ3) is 9.73. The van der Waals surface area contributed by atoms with Crippen molar-refractivity contribution < 1.29 is 44.9 Å². The van der Waals surface area contributed by atoms with Crippen LogP contribution in [0.2, 0.25) is 10.0 Å². The molecule has 6 N–H and O–H groups in total. The molecule has 0 saturated heterocycles. The van der Waals surface area contributed by atoms with Crippen LogP contribution in [0.4, 0.5) is 0 Å². The van der Waals surface area contributed by atoms with Crippen LogP contribution < -0.4 is 4.74 Å². The first-order valence-electron chi connectivity index (χ1n) is 17.1. The molecule has 0 aliphatic heterocycles. The highest BCUT2D eigenvalue weighted by atomic mass is 35.5. The second-order valence-corrected chi connectivity index (χ2v) is 13.9. The second kappa shape index (κ2) is 17.6. The fourth-order valence-electron chi connectivity index (χ4n) is 5.99. The molecule has 4 unspecified atom stereocenters. The molecule has 3 aromatic rings. The molecular formula is C37H46Cl2N2O9. The number of aromatic nitrogens is 1. The number of benzene rings is 2. The molecule has 13 heteroatoms. The van der Waals surface area contributed by atoms with Crippen LogP contribution in [-0.2, 0) is 28.2 Å². The Morgan fingerprint density at radius 3 is 2.34 bits per heavy atom. The van der Waals surface area contributed by atoms with E-state index < -0.39 is 36.6 Å². The number of amides is 1. The zero-order valence-electron chi connectivity index (χ0n) is 27.8. The van der Waals surface area contributed by atoms with Crippen LogP contribution in [0, 0.1) is 0 Å². The minimum Gasteiger partial charge on any atom is -0.490 e. The SMILES string of the molecule is O=C(CCCCc1cc(Cl)c(COC2(c3cnccc3-c3ccccc3OC3CC3)CC2)cc1Cl)N(CCO)CC(O)C(O)C(O)C(O)CO. The van der Waals surface area contributed by atoms with E-state index >= 15 is 0 Å². The number of unbranched alkanes of at least 4 members (excludes halogenated alkanes) is 1. The molecular weight excluding hydrogens is 687 g/mol. The number of nitrogens with zero attached hydrogens (tertiary/aromatic N) is 2. The standard InChI is InChI=1S/C37H46Cl2N2O9/c38-29-18-24(22-49-37(12-13-37)28-19-40-14-11-26(28)27-6-2-3-7-33(27)50-25-9-10-25)30(39)17-23(29)5-1-4-8-34(46)41(15-16-42)20-31(44)35(47)36(48)32(45)21-43/h2-3,6-7,11,14,17-19,25,31-32,35-36,42-45,47-48H,1,4-5,8-10,12-13,15-16,20-22H2. The zero-order valence-corrected chi connectivity index (χ0v) is 29.3. The van der Waals surface area contributed by atoms with E-state index in [0.29, 0.717) is 29.3 Å². The highest BCUT2D eigenvalue weighted by Gasteiger charge is 2.48. The number of aryl methyl sites for hydroxylation is 1. The Morgan fingerprint density at radius 1 is 0.940 bits per heavy atom. The Balaban J connectivity index is 1.15. The number of hydrogen-bond acceptors (Lipinski definition) is 10. The Labute approximate surface area is 302 Å². The van der Waals surface area contributed by atoms with E-state index in [1.54, 1.807) is 6.20 Å². The van der Waals surface area contributed by atoms with Gasteiger partial charge in [0.15, 0.2) is 0 Å². The van der Waals surface area contributed by atoms with E-state index in [2.05, 4.69) is 11.1 Å².